The number of aromatic nitrogens is 1. The summed E-state index contributed by atoms with van der Waals surface area (Å²) in [5, 5.41) is 14.1. The molecule has 0 amide bonds. The fourth-order valence-corrected chi connectivity index (χ4v) is 3.95. The molecule has 2 aliphatic rings. The summed E-state index contributed by atoms with van der Waals surface area (Å²) in [6, 6.07) is 8.31. The zero-order valence-electron chi connectivity index (χ0n) is 12.8. The van der Waals surface area contributed by atoms with Crippen LogP contribution in [0.1, 0.15) is 16.6 Å². The zero-order chi connectivity index (χ0) is 16.5. The number of benzene rings is 1. The van der Waals surface area contributed by atoms with Crippen LogP contribution in [-0.4, -0.2) is 16.1 Å². The molecule has 0 radical (unpaired) electrons. The number of hydrogen-bond acceptors (Lipinski definition) is 3. The Kier molecular flexibility index (Phi) is 3.75. The van der Waals surface area contributed by atoms with E-state index in [0.29, 0.717) is 5.69 Å². The lowest BCUT2D eigenvalue weighted by Gasteiger charge is -2.18. The third-order valence-electron chi connectivity index (χ3n) is 4.17. The molecule has 0 saturated carbocycles. The molecule has 0 fully saturated rings. The average molecular weight is 333 g/mol. The van der Waals surface area contributed by atoms with Crippen LogP contribution in [0.2, 0.25) is 0 Å². The summed E-state index contributed by atoms with van der Waals surface area (Å²) < 4.78 is 0. The van der Waals surface area contributed by atoms with Gasteiger partial charge in [0.2, 0.25) is 0 Å². The van der Waals surface area contributed by atoms with Gasteiger partial charge in [0, 0.05) is 5.38 Å². The van der Waals surface area contributed by atoms with Crippen molar-refractivity contribution in [3.8, 4) is 0 Å². The summed E-state index contributed by atoms with van der Waals surface area (Å²) in [7, 11) is 0. The van der Waals surface area contributed by atoms with Gasteiger partial charge in [-0.25, -0.2) is 4.98 Å². The number of aliphatic carboxylic acids is 1. The van der Waals surface area contributed by atoms with Gasteiger partial charge in [-0.2, -0.15) is 0 Å². The molecule has 24 heavy (non-hydrogen) atoms. The lowest BCUT2D eigenvalue weighted by atomic mass is 9.88. The Bertz CT molecular complexity index is 1020. The normalized spacial score (nSPS) is 18.2. The highest BCUT2D eigenvalue weighted by molar-refractivity contribution is 7.09. The first-order chi connectivity index (χ1) is 11.7. The minimum Gasteiger partial charge on any atom is -0.481 e. The number of thiazole rings is 1. The Morgan fingerprint density at radius 2 is 2.00 bits per heavy atom. The van der Waals surface area contributed by atoms with Gasteiger partial charge in [0.25, 0.3) is 0 Å². The van der Waals surface area contributed by atoms with Crippen molar-refractivity contribution in [2.45, 2.75) is 12.3 Å². The van der Waals surface area contributed by atoms with E-state index in [-0.39, 0.29) is 12.3 Å². The first kappa shape index (κ1) is 14.8. The topological polar surface area (TPSA) is 50.2 Å². The van der Waals surface area contributed by atoms with Crippen LogP contribution in [0.3, 0.4) is 0 Å². The number of fused-ring (bicyclic) bond motifs is 2. The third kappa shape index (κ3) is 2.76. The van der Waals surface area contributed by atoms with Crippen molar-refractivity contribution >= 4 is 29.5 Å². The SMILES string of the molecule is O=C(O)Cc1csc(C2C=CC=C3C=c4ccccc4=CC=C32)n1. The van der Waals surface area contributed by atoms with E-state index >= 15 is 0 Å². The van der Waals surface area contributed by atoms with Gasteiger partial charge >= 0.3 is 5.97 Å². The van der Waals surface area contributed by atoms with Crippen LogP contribution in [-0.2, 0) is 11.2 Å². The predicted molar refractivity (Wildman–Crippen MR) is 96.1 cm³/mol. The zero-order valence-corrected chi connectivity index (χ0v) is 13.7. The molecule has 4 heteroatoms. The molecule has 1 unspecified atom stereocenters. The number of carbonyl (C=O) groups is 1. The van der Waals surface area contributed by atoms with E-state index in [2.05, 4.69) is 53.6 Å². The summed E-state index contributed by atoms with van der Waals surface area (Å²) in [5.74, 6) is -0.781. The molecule has 4 rings (SSSR count). The molecule has 1 atom stereocenters. The molecule has 0 aliphatic heterocycles. The molecule has 1 N–H and O–H groups in total. The molecular weight excluding hydrogens is 318 g/mol. The number of hydrogen-bond donors (Lipinski definition) is 1. The van der Waals surface area contributed by atoms with Crippen molar-refractivity contribution in [2.24, 2.45) is 0 Å². The van der Waals surface area contributed by atoms with Crippen molar-refractivity contribution in [2.75, 3.05) is 0 Å². The maximum absolute atomic E-state index is 10.9. The van der Waals surface area contributed by atoms with Crippen LogP contribution >= 0.6 is 11.3 Å². The van der Waals surface area contributed by atoms with E-state index in [0.717, 1.165) is 5.01 Å². The maximum Gasteiger partial charge on any atom is 0.309 e. The molecule has 2 aliphatic carbocycles. The molecule has 0 saturated heterocycles. The lowest BCUT2D eigenvalue weighted by molar-refractivity contribution is -0.136. The quantitative estimate of drug-likeness (QED) is 0.939. The van der Waals surface area contributed by atoms with Crippen LogP contribution in [0.5, 0.6) is 0 Å². The average Bonchev–Trinajstić information content (AvgIpc) is 2.93. The van der Waals surface area contributed by atoms with E-state index in [1.165, 1.54) is 32.9 Å². The third-order valence-corrected chi connectivity index (χ3v) is 5.14. The van der Waals surface area contributed by atoms with Crippen LogP contribution in [0.4, 0.5) is 0 Å². The van der Waals surface area contributed by atoms with Gasteiger partial charge < -0.3 is 5.11 Å². The summed E-state index contributed by atoms with van der Waals surface area (Å²) >= 11 is 1.52. The second-order valence-electron chi connectivity index (χ2n) is 5.79. The van der Waals surface area contributed by atoms with Crippen molar-refractivity contribution in [3.05, 3.63) is 86.2 Å². The molecule has 1 aromatic carbocycles. The number of allylic oxidation sites excluding steroid dienone is 6. The van der Waals surface area contributed by atoms with Crippen LogP contribution < -0.4 is 10.4 Å². The van der Waals surface area contributed by atoms with E-state index in [4.69, 9.17) is 5.11 Å². The highest BCUT2D eigenvalue weighted by atomic mass is 32.1. The Morgan fingerprint density at radius 1 is 1.17 bits per heavy atom. The standard InChI is InChI=1S/C20H15NO2S/c22-19(23)11-16-12-24-20(21-16)18-7-3-6-15-10-14-5-2-1-4-13(14)8-9-17(15)18/h1-10,12,18H,11H2,(H,22,23). The van der Waals surface area contributed by atoms with Crippen LogP contribution in [0.25, 0.3) is 12.2 Å². The fourth-order valence-electron chi connectivity index (χ4n) is 3.04. The van der Waals surface area contributed by atoms with Crippen molar-refractivity contribution in [3.63, 3.8) is 0 Å². The minimum absolute atomic E-state index is 0.0294. The molecule has 2 aromatic rings. The Labute approximate surface area is 143 Å². The minimum atomic E-state index is -0.850. The smallest absolute Gasteiger partial charge is 0.309 e. The maximum atomic E-state index is 10.9. The monoisotopic (exact) mass is 333 g/mol. The fraction of sp³-hybridized carbons (Fsp3) is 0.100. The summed E-state index contributed by atoms with van der Waals surface area (Å²) in [5.41, 5.74) is 3.00. The van der Waals surface area contributed by atoms with Gasteiger partial charge in [0.1, 0.15) is 5.01 Å². The van der Waals surface area contributed by atoms with E-state index in [9.17, 15) is 4.79 Å². The largest absolute Gasteiger partial charge is 0.481 e. The number of carboxylic acid groups (broad SMARTS) is 1. The van der Waals surface area contributed by atoms with Gasteiger partial charge in [-0.15, -0.1) is 11.3 Å². The summed E-state index contributed by atoms with van der Waals surface area (Å²) in [4.78, 5) is 15.4. The molecule has 3 nitrogen and oxygen atoms in total. The first-order valence-corrected chi connectivity index (χ1v) is 8.62. The van der Waals surface area contributed by atoms with E-state index in [1.54, 1.807) is 0 Å². The van der Waals surface area contributed by atoms with E-state index in [1.807, 2.05) is 17.5 Å². The Hall–Kier alpha value is -2.72. The predicted octanol–water partition coefficient (Wildman–Crippen LogP) is 2.55. The van der Waals surface area contributed by atoms with Gasteiger partial charge in [-0.3, -0.25) is 4.79 Å². The first-order valence-electron chi connectivity index (χ1n) is 7.74. The summed E-state index contributed by atoms with van der Waals surface area (Å²) in [6.07, 6.45) is 12.8. The molecular formula is C20H15NO2S. The second-order valence-corrected chi connectivity index (χ2v) is 6.68. The van der Waals surface area contributed by atoms with E-state index < -0.39 is 5.97 Å². The molecule has 1 aromatic heterocycles. The Balaban J connectivity index is 1.75. The van der Waals surface area contributed by atoms with Gasteiger partial charge in [0.05, 0.1) is 18.0 Å². The Morgan fingerprint density at radius 3 is 2.83 bits per heavy atom. The molecule has 0 spiro atoms. The van der Waals surface area contributed by atoms with Gasteiger partial charge in [-0.05, 0) is 27.7 Å². The van der Waals surface area contributed by atoms with Crippen molar-refractivity contribution in [1.82, 2.24) is 4.98 Å². The number of carboxylic acids is 1. The number of rotatable bonds is 3. The lowest BCUT2D eigenvalue weighted by Crippen LogP contribution is -2.22. The highest BCUT2D eigenvalue weighted by Gasteiger charge is 2.22. The van der Waals surface area contributed by atoms with Gasteiger partial charge in [-0.1, -0.05) is 54.6 Å². The highest BCUT2D eigenvalue weighted by Crippen LogP contribution is 2.36. The number of nitrogens with zero attached hydrogens (tertiary/aromatic N) is 1. The molecule has 1 heterocycles. The van der Waals surface area contributed by atoms with Crippen molar-refractivity contribution < 1.29 is 9.90 Å². The van der Waals surface area contributed by atoms with Crippen LogP contribution in [0, 0.1) is 0 Å². The molecule has 118 valence electrons. The van der Waals surface area contributed by atoms with Gasteiger partial charge in [0.15, 0.2) is 0 Å². The van der Waals surface area contributed by atoms with Crippen molar-refractivity contribution in [1.29, 1.82) is 0 Å². The molecule has 0 bridgehead atoms. The summed E-state index contributed by atoms with van der Waals surface area (Å²) in [6.45, 7) is 0. The second kappa shape index (κ2) is 6.06. The van der Waals surface area contributed by atoms with Crippen LogP contribution in [0.15, 0.2) is 65.1 Å².